The molecule has 0 atom stereocenters. The number of nitrogens with zero attached hydrogens (tertiary/aromatic N) is 5. The lowest BCUT2D eigenvalue weighted by Gasteiger charge is -2.35. The van der Waals surface area contributed by atoms with Crippen LogP contribution in [0.25, 0.3) is 0 Å². The summed E-state index contributed by atoms with van der Waals surface area (Å²) in [5.74, 6) is 0.541. The largest absolute Gasteiger partial charge is 0.354 e. The first-order valence-corrected chi connectivity index (χ1v) is 7.86. The van der Waals surface area contributed by atoms with Gasteiger partial charge in [0.05, 0.1) is 0 Å². The molecule has 0 spiro atoms. The van der Waals surface area contributed by atoms with E-state index in [1.807, 2.05) is 11.0 Å². The lowest BCUT2D eigenvalue weighted by atomic mass is 10.3. The SMILES string of the molecule is O=c1ccccn1CCN1CCN(c2cc(C(F)F)ncn2)CC1. The van der Waals surface area contributed by atoms with Gasteiger partial charge in [-0.2, -0.15) is 0 Å². The third-order valence-corrected chi connectivity index (χ3v) is 4.15. The van der Waals surface area contributed by atoms with Gasteiger partial charge in [-0.1, -0.05) is 6.07 Å². The second-order valence-electron chi connectivity index (χ2n) is 5.66. The highest BCUT2D eigenvalue weighted by Gasteiger charge is 2.19. The van der Waals surface area contributed by atoms with Crippen molar-refractivity contribution in [3.63, 3.8) is 0 Å². The Balaban J connectivity index is 1.53. The first-order valence-electron chi connectivity index (χ1n) is 7.86. The van der Waals surface area contributed by atoms with E-state index in [0.29, 0.717) is 25.5 Å². The van der Waals surface area contributed by atoms with Crippen molar-refractivity contribution in [1.82, 2.24) is 19.4 Å². The van der Waals surface area contributed by atoms with Gasteiger partial charge < -0.3 is 9.47 Å². The summed E-state index contributed by atoms with van der Waals surface area (Å²) in [6.45, 7) is 4.45. The summed E-state index contributed by atoms with van der Waals surface area (Å²) < 4.78 is 27.1. The number of alkyl halides is 2. The fourth-order valence-electron chi connectivity index (χ4n) is 2.75. The molecule has 0 amide bonds. The van der Waals surface area contributed by atoms with E-state index in [4.69, 9.17) is 0 Å². The van der Waals surface area contributed by atoms with E-state index in [9.17, 15) is 13.6 Å². The first kappa shape index (κ1) is 16.5. The van der Waals surface area contributed by atoms with Crippen LogP contribution in [0.4, 0.5) is 14.6 Å². The molecule has 0 aliphatic carbocycles. The number of aromatic nitrogens is 3. The predicted octanol–water partition coefficient (Wildman–Crippen LogP) is 1.40. The molecule has 1 aliphatic rings. The number of anilines is 1. The van der Waals surface area contributed by atoms with E-state index in [-0.39, 0.29) is 11.3 Å². The number of piperazine rings is 1. The van der Waals surface area contributed by atoms with Gasteiger partial charge in [-0.3, -0.25) is 9.69 Å². The van der Waals surface area contributed by atoms with Crippen molar-refractivity contribution < 1.29 is 8.78 Å². The van der Waals surface area contributed by atoms with Crippen LogP contribution in [0.15, 0.2) is 41.6 Å². The Labute approximate surface area is 138 Å². The molecule has 2 aromatic rings. The molecule has 1 saturated heterocycles. The Hall–Kier alpha value is -2.35. The molecule has 0 radical (unpaired) electrons. The van der Waals surface area contributed by atoms with E-state index in [1.54, 1.807) is 22.9 Å². The van der Waals surface area contributed by atoms with Crippen LogP contribution in [0, 0.1) is 0 Å². The lowest BCUT2D eigenvalue weighted by Crippen LogP contribution is -2.47. The summed E-state index contributed by atoms with van der Waals surface area (Å²) in [7, 11) is 0. The second-order valence-corrected chi connectivity index (χ2v) is 5.66. The first-order chi connectivity index (χ1) is 11.6. The predicted molar refractivity (Wildman–Crippen MR) is 86.3 cm³/mol. The van der Waals surface area contributed by atoms with Crippen LogP contribution in [0.3, 0.4) is 0 Å². The van der Waals surface area contributed by atoms with Gasteiger partial charge in [0.1, 0.15) is 17.8 Å². The third kappa shape index (κ3) is 3.94. The maximum Gasteiger partial charge on any atom is 0.280 e. The van der Waals surface area contributed by atoms with Gasteiger partial charge in [0, 0.05) is 57.6 Å². The molecule has 0 bridgehead atoms. The highest BCUT2D eigenvalue weighted by molar-refractivity contribution is 5.39. The summed E-state index contributed by atoms with van der Waals surface area (Å²) >= 11 is 0. The van der Waals surface area contributed by atoms with E-state index in [0.717, 1.165) is 19.6 Å². The van der Waals surface area contributed by atoms with Crippen molar-refractivity contribution >= 4 is 5.82 Å². The number of hydrogen-bond acceptors (Lipinski definition) is 5. The van der Waals surface area contributed by atoms with Crippen LogP contribution in [0.5, 0.6) is 0 Å². The Morgan fingerprint density at radius 3 is 2.58 bits per heavy atom. The molecule has 128 valence electrons. The Morgan fingerprint density at radius 2 is 1.88 bits per heavy atom. The van der Waals surface area contributed by atoms with Crippen LogP contribution in [-0.4, -0.2) is 52.2 Å². The average Bonchev–Trinajstić information content (AvgIpc) is 2.61. The monoisotopic (exact) mass is 335 g/mol. The van der Waals surface area contributed by atoms with Gasteiger partial charge in [-0.05, 0) is 6.07 Å². The van der Waals surface area contributed by atoms with Crippen LogP contribution in [0.2, 0.25) is 0 Å². The summed E-state index contributed by atoms with van der Waals surface area (Å²) in [6, 6.07) is 6.47. The zero-order chi connectivity index (χ0) is 16.9. The topological polar surface area (TPSA) is 54.3 Å². The molecule has 1 aliphatic heterocycles. The fourth-order valence-corrected chi connectivity index (χ4v) is 2.75. The molecule has 6 nitrogen and oxygen atoms in total. The number of rotatable bonds is 5. The van der Waals surface area contributed by atoms with E-state index >= 15 is 0 Å². The van der Waals surface area contributed by atoms with Crippen molar-refractivity contribution in [2.24, 2.45) is 0 Å². The quantitative estimate of drug-likeness (QED) is 0.827. The van der Waals surface area contributed by atoms with Crippen molar-refractivity contribution in [3.8, 4) is 0 Å². The van der Waals surface area contributed by atoms with Gasteiger partial charge in [-0.15, -0.1) is 0 Å². The molecule has 0 saturated carbocycles. The number of pyridine rings is 1. The Morgan fingerprint density at radius 1 is 1.08 bits per heavy atom. The molecule has 0 aromatic carbocycles. The van der Waals surface area contributed by atoms with Crippen molar-refractivity contribution in [2.45, 2.75) is 13.0 Å². The summed E-state index contributed by atoms with van der Waals surface area (Å²) in [5.41, 5.74) is -0.248. The van der Waals surface area contributed by atoms with Gasteiger partial charge in [0.15, 0.2) is 0 Å². The molecule has 0 N–H and O–H groups in total. The van der Waals surface area contributed by atoms with Gasteiger partial charge in [0.2, 0.25) is 0 Å². The van der Waals surface area contributed by atoms with Crippen LogP contribution >= 0.6 is 0 Å². The van der Waals surface area contributed by atoms with Crippen LogP contribution in [0.1, 0.15) is 12.1 Å². The highest BCUT2D eigenvalue weighted by Crippen LogP contribution is 2.20. The minimum Gasteiger partial charge on any atom is -0.354 e. The van der Waals surface area contributed by atoms with Crippen molar-refractivity contribution in [2.75, 3.05) is 37.6 Å². The molecule has 2 aromatic heterocycles. The molecule has 8 heteroatoms. The highest BCUT2D eigenvalue weighted by atomic mass is 19.3. The summed E-state index contributed by atoms with van der Waals surface area (Å²) in [4.78, 5) is 23.6. The Bertz CT molecular complexity index is 728. The molecule has 0 unspecified atom stereocenters. The van der Waals surface area contributed by atoms with Crippen LogP contribution in [-0.2, 0) is 6.54 Å². The fraction of sp³-hybridized carbons (Fsp3) is 0.438. The molecule has 1 fully saturated rings. The summed E-state index contributed by atoms with van der Waals surface area (Å²) in [6.07, 6.45) is 0.383. The standard InChI is InChI=1S/C16H19F2N5O/c17-16(18)13-11-14(20-12-19-13)22-8-5-21(6-9-22)7-10-23-4-2-1-3-15(23)24/h1-4,11-12,16H,5-10H2. The van der Waals surface area contributed by atoms with Crippen LogP contribution < -0.4 is 10.5 Å². The Kier molecular flexibility index (Phi) is 5.14. The number of halogens is 2. The lowest BCUT2D eigenvalue weighted by molar-refractivity contribution is 0.146. The summed E-state index contributed by atoms with van der Waals surface area (Å²) in [5, 5.41) is 0. The minimum absolute atomic E-state index is 0.00310. The molecular weight excluding hydrogens is 316 g/mol. The third-order valence-electron chi connectivity index (χ3n) is 4.15. The molecule has 3 heterocycles. The second kappa shape index (κ2) is 7.48. The van der Waals surface area contributed by atoms with E-state index in [2.05, 4.69) is 14.9 Å². The molecular formula is C16H19F2N5O. The molecule has 3 rings (SSSR count). The van der Waals surface area contributed by atoms with E-state index in [1.165, 1.54) is 12.4 Å². The van der Waals surface area contributed by atoms with Gasteiger partial charge in [0.25, 0.3) is 12.0 Å². The van der Waals surface area contributed by atoms with Crippen molar-refractivity contribution in [3.05, 3.63) is 52.8 Å². The zero-order valence-electron chi connectivity index (χ0n) is 13.2. The van der Waals surface area contributed by atoms with Gasteiger partial charge >= 0.3 is 0 Å². The average molecular weight is 335 g/mol. The minimum atomic E-state index is -2.59. The maximum absolute atomic E-state index is 12.7. The van der Waals surface area contributed by atoms with E-state index < -0.39 is 6.43 Å². The normalized spacial score (nSPS) is 15.9. The number of hydrogen-bond donors (Lipinski definition) is 0. The van der Waals surface area contributed by atoms with Crippen molar-refractivity contribution in [1.29, 1.82) is 0 Å². The smallest absolute Gasteiger partial charge is 0.280 e. The zero-order valence-corrected chi connectivity index (χ0v) is 13.2. The van der Waals surface area contributed by atoms with Gasteiger partial charge in [-0.25, -0.2) is 18.7 Å². The maximum atomic E-state index is 12.7. The molecule has 24 heavy (non-hydrogen) atoms.